The highest BCUT2D eigenvalue weighted by atomic mass is 35.5. The lowest BCUT2D eigenvalue weighted by molar-refractivity contribution is -0.128. The maximum atomic E-state index is 14.4. The van der Waals surface area contributed by atoms with Gasteiger partial charge < -0.3 is 19.3 Å². The second-order valence-electron chi connectivity index (χ2n) is 12.1. The molecule has 9 heteroatoms. The van der Waals surface area contributed by atoms with Crippen molar-refractivity contribution in [2.24, 2.45) is 0 Å². The molecule has 3 aromatic rings. The summed E-state index contributed by atoms with van der Waals surface area (Å²) in [6.07, 6.45) is 1.84. The standard InChI is InChI=1S/C35H35Cl2N3O4/c1-35(2,3)44-34(42)39-17-16-29(25-6-4-8-28(18-25)43-22-24-12-10-23(19-38)11-13-24)30(21-39)33(41)40(27-14-15-27)20-26-7-5-9-31(36)32(26)37/h4-13,18,27H,14-17,20-22H2,1-3H3. The lowest BCUT2D eigenvalue weighted by atomic mass is 9.92. The quantitative estimate of drug-likeness (QED) is 0.251. The van der Waals surface area contributed by atoms with E-state index in [4.69, 9.17) is 37.9 Å². The van der Waals surface area contributed by atoms with Crippen LogP contribution < -0.4 is 4.74 Å². The minimum Gasteiger partial charge on any atom is -0.489 e. The Bertz CT molecular complexity index is 1620. The molecule has 5 rings (SSSR count). The average molecular weight is 633 g/mol. The van der Waals surface area contributed by atoms with Crippen molar-refractivity contribution >= 4 is 40.8 Å². The Morgan fingerprint density at radius 3 is 2.45 bits per heavy atom. The zero-order valence-corrected chi connectivity index (χ0v) is 26.6. The van der Waals surface area contributed by atoms with Crippen LogP contribution in [0.5, 0.6) is 5.75 Å². The van der Waals surface area contributed by atoms with Crippen molar-refractivity contribution in [3.05, 3.63) is 105 Å². The number of amides is 2. The molecule has 1 fully saturated rings. The van der Waals surface area contributed by atoms with Gasteiger partial charge in [-0.1, -0.05) is 59.6 Å². The van der Waals surface area contributed by atoms with Crippen molar-refractivity contribution in [1.82, 2.24) is 9.80 Å². The van der Waals surface area contributed by atoms with Crippen molar-refractivity contribution in [3.8, 4) is 11.8 Å². The minimum absolute atomic E-state index is 0.0882. The maximum Gasteiger partial charge on any atom is 0.410 e. The number of carbonyl (C=O) groups is 2. The van der Waals surface area contributed by atoms with Crippen LogP contribution in [0.2, 0.25) is 10.0 Å². The van der Waals surface area contributed by atoms with Gasteiger partial charge in [-0.3, -0.25) is 4.79 Å². The molecule has 0 N–H and O–H groups in total. The Kier molecular flexibility index (Phi) is 9.53. The molecule has 7 nitrogen and oxygen atoms in total. The van der Waals surface area contributed by atoms with E-state index in [0.29, 0.717) is 53.0 Å². The van der Waals surface area contributed by atoms with E-state index in [2.05, 4.69) is 6.07 Å². The van der Waals surface area contributed by atoms with Gasteiger partial charge in [-0.05, 0) is 92.6 Å². The van der Waals surface area contributed by atoms with Crippen LogP contribution in [0.3, 0.4) is 0 Å². The van der Waals surface area contributed by atoms with Gasteiger partial charge >= 0.3 is 6.09 Å². The van der Waals surface area contributed by atoms with Crippen molar-refractivity contribution in [1.29, 1.82) is 5.26 Å². The molecule has 2 amide bonds. The van der Waals surface area contributed by atoms with E-state index in [9.17, 15) is 9.59 Å². The van der Waals surface area contributed by atoms with Crippen molar-refractivity contribution < 1.29 is 19.1 Å². The van der Waals surface area contributed by atoms with E-state index < -0.39 is 11.7 Å². The molecular weight excluding hydrogens is 597 g/mol. The lowest BCUT2D eigenvalue weighted by Gasteiger charge is -2.34. The third-order valence-corrected chi connectivity index (χ3v) is 8.40. The van der Waals surface area contributed by atoms with E-state index in [1.54, 1.807) is 23.1 Å². The fourth-order valence-corrected chi connectivity index (χ4v) is 5.54. The summed E-state index contributed by atoms with van der Waals surface area (Å²) in [4.78, 5) is 31.0. The fourth-order valence-electron chi connectivity index (χ4n) is 5.16. The van der Waals surface area contributed by atoms with Crippen LogP contribution in [0.15, 0.2) is 72.3 Å². The molecule has 1 saturated carbocycles. The second kappa shape index (κ2) is 13.3. The number of ether oxygens (including phenoxy) is 2. The molecule has 0 saturated heterocycles. The largest absolute Gasteiger partial charge is 0.489 e. The predicted octanol–water partition coefficient (Wildman–Crippen LogP) is 8.03. The Balaban J connectivity index is 1.46. The molecule has 44 heavy (non-hydrogen) atoms. The van der Waals surface area contributed by atoms with Gasteiger partial charge in [-0.15, -0.1) is 0 Å². The summed E-state index contributed by atoms with van der Waals surface area (Å²) >= 11 is 12.8. The number of nitriles is 1. The molecule has 0 bridgehead atoms. The predicted molar refractivity (Wildman–Crippen MR) is 171 cm³/mol. The van der Waals surface area contributed by atoms with Crippen molar-refractivity contribution in [2.45, 2.75) is 64.8 Å². The summed E-state index contributed by atoms with van der Waals surface area (Å²) in [5.41, 5.74) is 3.95. The number of carbonyl (C=O) groups excluding carboxylic acids is 2. The Hall–Kier alpha value is -3.99. The first-order chi connectivity index (χ1) is 21.0. The summed E-state index contributed by atoms with van der Waals surface area (Å²) in [5.74, 6) is 0.529. The first kappa shape index (κ1) is 31.4. The lowest BCUT2D eigenvalue weighted by Crippen LogP contribution is -2.44. The van der Waals surface area contributed by atoms with E-state index in [1.807, 2.05) is 74.2 Å². The number of rotatable bonds is 8. The van der Waals surface area contributed by atoms with Gasteiger partial charge in [0, 0.05) is 24.7 Å². The van der Waals surface area contributed by atoms with Crippen molar-refractivity contribution in [3.63, 3.8) is 0 Å². The number of hydrogen-bond acceptors (Lipinski definition) is 5. The highest BCUT2D eigenvalue weighted by molar-refractivity contribution is 6.42. The van der Waals surface area contributed by atoms with Gasteiger partial charge in [0.25, 0.3) is 5.91 Å². The molecule has 0 atom stereocenters. The van der Waals surface area contributed by atoms with Crippen LogP contribution in [-0.2, 0) is 22.7 Å². The summed E-state index contributed by atoms with van der Waals surface area (Å²) in [5, 5.41) is 9.94. The van der Waals surface area contributed by atoms with Crippen LogP contribution in [0.1, 0.15) is 62.3 Å². The number of halogens is 2. The van der Waals surface area contributed by atoms with E-state index in [-0.39, 0.29) is 18.5 Å². The molecule has 1 aliphatic heterocycles. The summed E-state index contributed by atoms with van der Waals surface area (Å²) < 4.78 is 11.8. The van der Waals surface area contributed by atoms with Gasteiger partial charge in [-0.2, -0.15) is 5.26 Å². The van der Waals surface area contributed by atoms with Gasteiger partial charge in [-0.25, -0.2) is 4.79 Å². The normalized spacial score (nSPS) is 15.0. The summed E-state index contributed by atoms with van der Waals surface area (Å²) in [6, 6.07) is 22.6. The van der Waals surface area contributed by atoms with Crippen LogP contribution in [0, 0.1) is 11.3 Å². The first-order valence-electron chi connectivity index (χ1n) is 14.7. The molecule has 0 spiro atoms. The molecule has 2 aliphatic rings. The van der Waals surface area contributed by atoms with E-state index in [1.165, 1.54) is 0 Å². The molecule has 0 radical (unpaired) electrons. The van der Waals surface area contributed by atoms with Crippen LogP contribution in [-0.4, -0.2) is 46.5 Å². The van der Waals surface area contributed by atoms with Gasteiger partial charge in [0.2, 0.25) is 0 Å². The molecular formula is C35H35Cl2N3O4. The Labute approximate surface area is 268 Å². The van der Waals surface area contributed by atoms with Crippen molar-refractivity contribution in [2.75, 3.05) is 13.1 Å². The van der Waals surface area contributed by atoms with Crippen LogP contribution in [0.25, 0.3) is 5.57 Å². The Morgan fingerprint density at radius 1 is 1.05 bits per heavy atom. The molecule has 228 valence electrons. The summed E-state index contributed by atoms with van der Waals surface area (Å²) in [7, 11) is 0. The highest BCUT2D eigenvalue weighted by Gasteiger charge is 2.38. The molecule has 0 aromatic heterocycles. The topological polar surface area (TPSA) is 82.9 Å². The van der Waals surface area contributed by atoms with Crippen LogP contribution >= 0.6 is 23.2 Å². The minimum atomic E-state index is -0.658. The zero-order chi connectivity index (χ0) is 31.4. The second-order valence-corrected chi connectivity index (χ2v) is 12.9. The fraction of sp³-hybridized carbons (Fsp3) is 0.343. The smallest absolute Gasteiger partial charge is 0.410 e. The number of benzene rings is 3. The molecule has 1 aliphatic carbocycles. The van der Waals surface area contributed by atoms with Gasteiger partial charge in [0.05, 0.1) is 28.2 Å². The Morgan fingerprint density at radius 2 is 1.77 bits per heavy atom. The van der Waals surface area contributed by atoms with Gasteiger partial charge in [0.1, 0.15) is 18.0 Å². The third kappa shape index (κ3) is 7.74. The molecule has 3 aromatic carbocycles. The third-order valence-electron chi connectivity index (χ3n) is 7.55. The zero-order valence-electron chi connectivity index (χ0n) is 25.1. The maximum absolute atomic E-state index is 14.4. The number of nitrogens with zero attached hydrogens (tertiary/aromatic N) is 3. The van der Waals surface area contributed by atoms with E-state index >= 15 is 0 Å². The average Bonchev–Trinajstić information content (AvgIpc) is 3.85. The molecule has 1 heterocycles. The highest BCUT2D eigenvalue weighted by Crippen LogP contribution is 2.37. The van der Waals surface area contributed by atoms with E-state index in [0.717, 1.165) is 35.1 Å². The number of hydrogen-bond donors (Lipinski definition) is 0. The first-order valence-corrected chi connectivity index (χ1v) is 15.4. The van der Waals surface area contributed by atoms with Gasteiger partial charge in [0.15, 0.2) is 0 Å². The summed E-state index contributed by atoms with van der Waals surface area (Å²) in [6.45, 7) is 6.69. The monoisotopic (exact) mass is 631 g/mol. The molecule has 0 unspecified atom stereocenters. The van der Waals surface area contributed by atoms with Crippen LogP contribution in [0.4, 0.5) is 4.79 Å². The SMILES string of the molecule is CC(C)(C)OC(=O)N1CCC(c2cccc(OCc3ccc(C#N)cc3)c2)=C(C(=O)N(Cc2cccc(Cl)c2Cl)C2CC2)C1.